The highest BCUT2D eigenvalue weighted by Crippen LogP contribution is 2.27. The standard InChI is InChI=1S/C6H7N3O2.ClH/c7-4-2-1-3-5(8)6(4)9(10)11;/h1-3H,7-8H2;1H. The minimum absolute atomic E-state index is 0. The van der Waals surface area contributed by atoms with Gasteiger partial charge in [0.25, 0.3) is 0 Å². The van der Waals surface area contributed by atoms with Crippen LogP contribution in [0.3, 0.4) is 0 Å². The fourth-order valence-corrected chi connectivity index (χ4v) is 0.791. The SMILES string of the molecule is Cl.Nc1cccc(N)c1[N+](=O)[O-]. The fourth-order valence-electron chi connectivity index (χ4n) is 0.791. The lowest BCUT2D eigenvalue weighted by Crippen LogP contribution is -1.99. The van der Waals surface area contributed by atoms with E-state index in [0.29, 0.717) is 0 Å². The van der Waals surface area contributed by atoms with Crippen molar-refractivity contribution >= 4 is 29.5 Å². The first-order chi connectivity index (χ1) is 5.13. The summed E-state index contributed by atoms with van der Waals surface area (Å²) in [6, 6.07) is 4.45. The van der Waals surface area contributed by atoms with Crippen LogP contribution in [0.5, 0.6) is 0 Å². The zero-order chi connectivity index (χ0) is 8.43. The Morgan fingerprint density at radius 3 is 1.92 bits per heavy atom. The third kappa shape index (κ3) is 1.76. The third-order valence-corrected chi connectivity index (χ3v) is 1.28. The summed E-state index contributed by atoms with van der Waals surface area (Å²) in [6.45, 7) is 0. The number of nitro groups is 1. The number of nitrogens with zero attached hydrogens (tertiary/aromatic N) is 1. The van der Waals surface area contributed by atoms with Crippen LogP contribution in [0.15, 0.2) is 18.2 Å². The molecule has 0 unspecified atom stereocenters. The molecule has 0 aliphatic heterocycles. The molecular formula is C6H8ClN3O2. The number of halogens is 1. The highest BCUT2D eigenvalue weighted by Gasteiger charge is 2.14. The van der Waals surface area contributed by atoms with Gasteiger partial charge in [-0.3, -0.25) is 10.1 Å². The van der Waals surface area contributed by atoms with E-state index < -0.39 is 4.92 Å². The molecule has 1 aromatic rings. The normalized spacial score (nSPS) is 8.67. The van der Waals surface area contributed by atoms with E-state index in [2.05, 4.69) is 0 Å². The summed E-state index contributed by atoms with van der Waals surface area (Å²) in [6.07, 6.45) is 0. The third-order valence-electron chi connectivity index (χ3n) is 1.28. The van der Waals surface area contributed by atoms with Gasteiger partial charge in [-0.1, -0.05) is 6.07 Å². The molecule has 0 saturated heterocycles. The lowest BCUT2D eigenvalue weighted by molar-refractivity contribution is -0.382. The van der Waals surface area contributed by atoms with Crippen molar-refractivity contribution in [3.05, 3.63) is 28.3 Å². The Morgan fingerprint density at radius 2 is 1.67 bits per heavy atom. The number of nitrogen functional groups attached to an aromatic ring is 2. The number of hydrogen-bond acceptors (Lipinski definition) is 4. The molecule has 0 aliphatic carbocycles. The molecule has 0 heterocycles. The van der Waals surface area contributed by atoms with Crippen molar-refractivity contribution < 1.29 is 4.92 Å². The van der Waals surface area contributed by atoms with E-state index in [-0.39, 0.29) is 29.5 Å². The number of anilines is 2. The van der Waals surface area contributed by atoms with E-state index in [1.165, 1.54) is 12.1 Å². The van der Waals surface area contributed by atoms with Gasteiger partial charge in [0, 0.05) is 0 Å². The summed E-state index contributed by atoms with van der Waals surface area (Å²) in [4.78, 5) is 9.70. The van der Waals surface area contributed by atoms with Gasteiger partial charge in [0.05, 0.1) is 4.92 Å². The Labute approximate surface area is 74.9 Å². The van der Waals surface area contributed by atoms with E-state index in [1.807, 2.05) is 0 Å². The van der Waals surface area contributed by atoms with E-state index in [9.17, 15) is 10.1 Å². The van der Waals surface area contributed by atoms with Gasteiger partial charge in [-0.15, -0.1) is 12.4 Å². The highest BCUT2D eigenvalue weighted by atomic mass is 35.5. The van der Waals surface area contributed by atoms with Crippen molar-refractivity contribution in [2.45, 2.75) is 0 Å². The van der Waals surface area contributed by atoms with Crippen LogP contribution >= 0.6 is 12.4 Å². The Hall–Kier alpha value is -1.49. The second kappa shape index (κ2) is 3.77. The Bertz CT molecular complexity index is 283. The van der Waals surface area contributed by atoms with Crippen LogP contribution in [0.1, 0.15) is 0 Å². The molecule has 0 radical (unpaired) electrons. The first kappa shape index (κ1) is 10.5. The monoisotopic (exact) mass is 189 g/mol. The second-order valence-corrected chi connectivity index (χ2v) is 2.04. The van der Waals surface area contributed by atoms with Crippen molar-refractivity contribution in [2.75, 3.05) is 11.5 Å². The lowest BCUT2D eigenvalue weighted by Gasteiger charge is -1.98. The number of para-hydroxylation sites is 1. The molecule has 0 atom stereocenters. The van der Waals surface area contributed by atoms with E-state index in [4.69, 9.17) is 11.5 Å². The summed E-state index contributed by atoms with van der Waals surface area (Å²) in [7, 11) is 0. The van der Waals surface area contributed by atoms with Gasteiger partial charge < -0.3 is 11.5 Å². The van der Waals surface area contributed by atoms with Crippen LogP contribution in [0.2, 0.25) is 0 Å². The molecule has 4 N–H and O–H groups in total. The fraction of sp³-hybridized carbons (Fsp3) is 0. The molecule has 0 aromatic heterocycles. The first-order valence-electron chi connectivity index (χ1n) is 2.91. The van der Waals surface area contributed by atoms with Crippen LogP contribution in [0.4, 0.5) is 17.1 Å². The molecule has 66 valence electrons. The molecule has 0 aliphatic rings. The average Bonchev–Trinajstić information content (AvgIpc) is 1.85. The molecule has 0 fully saturated rings. The molecule has 5 nitrogen and oxygen atoms in total. The molecule has 12 heavy (non-hydrogen) atoms. The van der Waals surface area contributed by atoms with Crippen LogP contribution < -0.4 is 11.5 Å². The molecule has 1 aromatic carbocycles. The minimum Gasteiger partial charge on any atom is -0.393 e. The highest BCUT2D eigenvalue weighted by molar-refractivity contribution is 5.85. The molecular weight excluding hydrogens is 182 g/mol. The Morgan fingerprint density at radius 1 is 1.25 bits per heavy atom. The van der Waals surface area contributed by atoms with Gasteiger partial charge >= 0.3 is 5.69 Å². The number of hydrogen-bond donors (Lipinski definition) is 2. The predicted molar refractivity (Wildman–Crippen MR) is 49.2 cm³/mol. The van der Waals surface area contributed by atoms with Crippen LogP contribution in [0, 0.1) is 10.1 Å². The maximum Gasteiger partial charge on any atom is 0.314 e. The predicted octanol–water partition coefficient (Wildman–Crippen LogP) is 1.18. The minimum atomic E-state index is -0.593. The van der Waals surface area contributed by atoms with Crippen molar-refractivity contribution in [1.82, 2.24) is 0 Å². The van der Waals surface area contributed by atoms with Crippen LogP contribution in [0.25, 0.3) is 0 Å². The van der Waals surface area contributed by atoms with Crippen molar-refractivity contribution in [2.24, 2.45) is 0 Å². The van der Waals surface area contributed by atoms with Gasteiger partial charge in [-0.05, 0) is 12.1 Å². The molecule has 6 heteroatoms. The van der Waals surface area contributed by atoms with Crippen molar-refractivity contribution in [1.29, 1.82) is 0 Å². The average molecular weight is 190 g/mol. The smallest absolute Gasteiger partial charge is 0.314 e. The van der Waals surface area contributed by atoms with Crippen molar-refractivity contribution in [3.63, 3.8) is 0 Å². The first-order valence-corrected chi connectivity index (χ1v) is 2.91. The topological polar surface area (TPSA) is 95.2 Å². The number of benzene rings is 1. The van der Waals surface area contributed by atoms with Gasteiger partial charge in [0.15, 0.2) is 0 Å². The maximum absolute atomic E-state index is 10.3. The van der Waals surface area contributed by atoms with Crippen molar-refractivity contribution in [3.8, 4) is 0 Å². The van der Waals surface area contributed by atoms with E-state index in [0.717, 1.165) is 0 Å². The van der Waals surface area contributed by atoms with Gasteiger partial charge in [-0.25, -0.2) is 0 Å². The number of nitro benzene ring substituents is 1. The quantitative estimate of drug-likeness (QED) is 0.394. The van der Waals surface area contributed by atoms with Gasteiger partial charge in [0.1, 0.15) is 11.4 Å². The van der Waals surface area contributed by atoms with Crippen LogP contribution in [-0.4, -0.2) is 4.92 Å². The summed E-state index contributed by atoms with van der Waals surface area (Å²) >= 11 is 0. The molecule has 0 amide bonds. The summed E-state index contributed by atoms with van der Waals surface area (Å²) < 4.78 is 0. The zero-order valence-electron chi connectivity index (χ0n) is 6.06. The number of rotatable bonds is 1. The van der Waals surface area contributed by atoms with Gasteiger partial charge in [0.2, 0.25) is 0 Å². The van der Waals surface area contributed by atoms with E-state index >= 15 is 0 Å². The zero-order valence-corrected chi connectivity index (χ0v) is 6.88. The largest absolute Gasteiger partial charge is 0.393 e. The molecule has 0 bridgehead atoms. The number of nitrogens with two attached hydrogens (primary N) is 2. The molecule has 0 spiro atoms. The Kier molecular flexibility index (Phi) is 3.30. The molecule has 1 rings (SSSR count). The van der Waals surface area contributed by atoms with Crippen LogP contribution in [-0.2, 0) is 0 Å². The summed E-state index contributed by atoms with van der Waals surface area (Å²) in [5.41, 5.74) is 10.6. The lowest BCUT2D eigenvalue weighted by atomic mass is 10.2. The molecule has 0 saturated carbocycles. The maximum atomic E-state index is 10.3. The van der Waals surface area contributed by atoms with Gasteiger partial charge in [-0.2, -0.15) is 0 Å². The Balaban J connectivity index is 0.00000121. The summed E-state index contributed by atoms with van der Waals surface area (Å²) in [5, 5.41) is 10.3. The summed E-state index contributed by atoms with van der Waals surface area (Å²) in [5.74, 6) is 0. The van der Waals surface area contributed by atoms with E-state index in [1.54, 1.807) is 6.07 Å². The second-order valence-electron chi connectivity index (χ2n) is 2.04.